The molecule has 0 spiro atoms. The third kappa shape index (κ3) is 6.44. The molecule has 0 rings (SSSR count). The average Bonchev–Trinajstić information content (AvgIpc) is 2.21. The van der Waals surface area contributed by atoms with Crippen molar-refractivity contribution in [3.05, 3.63) is 30.3 Å². The van der Waals surface area contributed by atoms with Gasteiger partial charge in [0, 0.05) is 10.3 Å². The van der Waals surface area contributed by atoms with Crippen molar-refractivity contribution in [2.24, 2.45) is 5.41 Å². The standard InChI is InChI=1S/C5H8BrN3O8/c6-1-5(2-7(10)11,3-16-8(12)13)4-17-9(14)15/h1-4H2. The Labute approximate surface area is 102 Å². The Morgan fingerprint density at radius 3 is 1.65 bits per heavy atom. The van der Waals surface area contributed by atoms with Gasteiger partial charge in [-0.15, -0.1) is 20.2 Å². The Kier molecular flexibility index (Phi) is 6.09. The number of halogens is 1. The van der Waals surface area contributed by atoms with Gasteiger partial charge in [-0.1, -0.05) is 15.9 Å². The van der Waals surface area contributed by atoms with Crippen molar-refractivity contribution in [1.82, 2.24) is 0 Å². The third-order valence-corrected chi connectivity index (χ3v) is 2.89. The summed E-state index contributed by atoms with van der Waals surface area (Å²) in [6.45, 7) is -2.12. The number of hydrogen-bond donors (Lipinski definition) is 0. The fourth-order valence-electron chi connectivity index (χ4n) is 0.905. The average molecular weight is 318 g/mol. The van der Waals surface area contributed by atoms with Crippen LogP contribution in [0.1, 0.15) is 0 Å². The maximum atomic E-state index is 10.4. The fourth-order valence-corrected chi connectivity index (χ4v) is 1.41. The van der Waals surface area contributed by atoms with Gasteiger partial charge in [0.15, 0.2) is 0 Å². The molecule has 0 atom stereocenters. The molecule has 0 radical (unpaired) electrons. The van der Waals surface area contributed by atoms with E-state index in [1.807, 2.05) is 0 Å². The maximum absolute atomic E-state index is 10.4. The van der Waals surface area contributed by atoms with Gasteiger partial charge in [0.2, 0.25) is 6.54 Å². The van der Waals surface area contributed by atoms with Gasteiger partial charge in [0.1, 0.15) is 13.2 Å². The van der Waals surface area contributed by atoms with Crippen LogP contribution in [0.3, 0.4) is 0 Å². The lowest BCUT2D eigenvalue weighted by Gasteiger charge is -2.24. The van der Waals surface area contributed by atoms with Crippen molar-refractivity contribution >= 4 is 15.9 Å². The van der Waals surface area contributed by atoms with E-state index in [0.717, 1.165) is 0 Å². The molecule has 0 bridgehead atoms. The van der Waals surface area contributed by atoms with Gasteiger partial charge >= 0.3 is 0 Å². The molecular weight excluding hydrogens is 310 g/mol. The lowest BCUT2D eigenvalue weighted by atomic mass is 9.93. The molecule has 0 saturated heterocycles. The predicted molar refractivity (Wildman–Crippen MR) is 54.0 cm³/mol. The van der Waals surface area contributed by atoms with Gasteiger partial charge in [-0.2, -0.15) is 0 Å². The Bertz CT molecular complexity index is 292. The van der Waals surface area contributed by atoms with E-state index in [0.29, 0.717) is 0 Å². The zero-order valence-electron chi connectivity index (χ0n) is 8.31. The summed E-state index contributed by atoms with van der Waals surface area (Å²) in [5.74, 6) is 0. The van der Waals surface area contributed by atoms with Crippen LogP contribution in [-0.2, 0) is 9.68 Å². The van der Waals surface area contributed by atoms with Crippen LogP contribution in [-0.4, -0.2) is 40.2 Å². The minimum absolute atomic E-state index is 0.122. The summed E-state index contributed by atoms with van der Waals surface area (Å²) in [7, 11) is 0. The Morgan fingerprint density at radius 2 is 1.41 bits per heavy atom. The lowest BCUT2D eigenvalue weighted by Crippen LogP contribution is -2.42. The highest BCUT2D eigenvalue weighted by Crippen LogP contribution is 2.22. The molecule has 98 valence electrons. The van der Waals surface area contributed by atoms with Crippen molar-refractivity contribution < 1.29 is 24.8 Å². The van der Waals surface area contributed by atoms with Crippen molar-refractivity contribution in [3.8, 4) is 0 Å². The summed E-state index contributed by atoms with van der Waals surface area (Å²) in [4.78, 5) is 37.7. The molecule has 17 heavy (non-hydrogen) atoms. The molecule has 0 aromatic rings. The van der Waals surface area contributed by atoms with E-state index in [1.54, 1.807) is 0 Å². The Hall–Kier alpha value is -1.72. The topological polar surface area (TPSA) is 148 Å². The van der Waals surface area contributed by atoms with E-state index in [1.165, 1.54) is 0 Å². The molecule has 0 aliphatic heterocycles. The molecule has 0 heterocycles. The molecular formula is C5H8BrN3O8. The SMILES string of the molecule is O=[N+]([O-])CC(CBr)(CO[N+](=O)[O-])CO[N+](=O)[O-]. The lowest BCUT2D eigenvalue weighted by molar-refractivity contribution is -0.773. The summed E-state index contributed by atoms with van der Waals surface area (Å²) >= 11 is 2.89. The summed E-state index contributed by atoms with van der Waals surface area (Å²) in [6.07, 6.45) is 0. The molecule has 0 aromatic heterocycles. The summed E-state index contributed by atoms with van der Waals surface area (Å²) < 4.78 is 0. The second kappa shape index (κ2) is 6.78. The normalized spacial score (nSPS) is 10.6. The van der Waals surface area contributed by atoms with Gasteiger partial charge in [0.25, 0.3) is 10.2 Å². The first-order valence-electron chi connectivity index (χ1n) is 4.04. The molecule has 12 heteroatoms. The number of rotatable bonds is 9. The first-order valence-corrected chi connectivity index (χ1v) is 5.16. The predicted octanol–water partition coefficient (Wildman–Crippen LogP) is 0.0610. The van der Waals surface area contributed by atoms with Gasteiger partial charge in [-0.05, 0) is 0 Å². The van der Waals surface area contributed by atoms with Crippen LogP contribution in [0.15, 0.2) is 0 Å². The summed E-state index contributed by atoms with van der Waals surface area (Å²) in [5.41, 5.74) is -1.48. The molecule has 0 N–H and O–H groups in total. The van der Waals surface area contributed by atoms with Crippen LogP contribution in [0.2, 0.25) is 0 Å². The zero-order valence-corrected chi connectivity index (χ0v) is 9.90. The Balaban J connectivity index is 4.66. The highest BCUT2D eigenvalue weighted by atomic mass is 79.9. The fraction of sp³-hybridized carbons (Fsp3) is 1.00. The van der Waals surface area contributed by atoms with Crippen LogP contribution in [0.5, 0.6) is 0 Å². The molecule has 11 nitrogen and oxygen atoms in total. The first kappa shape index (κ1) is 15.3. The Morgan fingerprint density at radius 1 is 1.00 bits per heavy atom. The van der Waals surface area contributed by atoms with E-state index >= 15 is 0 Å². The summed E-state index contributed by atoms with van der Waals surface area (Å²) in [5, 5.41) is 28.0. The molecule has 0 aromatic carbocycles. The minimum atomic E-state index is -1.48. The van der Waals surface area contributed by atoms with Crippen LogP contribution in [0.25, 0.3) is 0 Å². The second-order valence-electron chi connectivity index (χ2n) is 3.12. The number of nitrogens with zero attached hydrogens (tertiary/aromatic N) is 3. The quantitative estimate of drug-likeness (QED) is 0.329. The molecule has 0 aliphatic carbocycles. The van der Waals surface area contributed by atoms with E-state index in [9.17, 15) is 30.3 Å². The third-order valence-electron chi connectivity index (χ3n) is 1.70. The first-order chi connectivity index (χ1) is 7.81. The highest BCUT2D eigenvalue weighted by Gasteiger charge is 2.38. The van der Waals surface area contributed by atoms with Crippen LogP contribution in [0, 0.1) is 35.8 Å². The van der Waals surface area contributed by atoms with E-state index in [4.69, 9.17) is 0 Å². The van der Waals surface area contributed by atoms with Crippen LogP contribution >= 0.6 is 15.9 Å². The van der Waals surface area contributed by atoms with Gasteiger partial charge in [-0.25, -0.2) is 0 Å². The zero-order chi connectivity index (χ0) is 13.5. The van der Waals surface area contributed by atoms with Gasteiger partial charge < -0.3 is 9.68 Å². The van der Waals surface area contributed by atoms with Crippen molar-refractivity contribution in [3.63, 3.8) is 0 Å². The molecule has 0 fully saturated rings. The van der Waals surface area contributed by atoms with Crippen LogP contribution < -0.4 is 0 Å². The maximum Gasteiger partial charge on any atom is 0.294 e. The largest absolute Gasteiger partial charge is 0.313 e. The number of alkyl halides is 1. The van der Waals surface area contributed by atoms with Crippen molar-refractivity contribution in [2.75, 3.05) is 25.1 Å². The van der Waals surface area contributed by atoms with Crippen molar-refractivity contribution in [2.45, 2.75) is 0 Å². The van der Waals surface area contributed by atoms with E-state index in [-0.39, 0.29) is 5.33 Å². The van der Waals surface area contributed by atoms with Gasteiger partial charge in [0.05, 0.1) is 5.41 Å². The molecule has 0 aliphatic rings. The number of hydrogen-bond acceptors (Lipinski definition) is 8. The summed E-state index contributed by atoms with van der Waals surface area (Å²) in [6, 6.07) is 0. The highest BCUT2D eigenvalue weighted by molar-refractivity contribution is 9.09. The number of nitro groups is 1. The molecule has 0 unspecified atom stereocenters. The van der Waals surface area contributed by atoms with Gasteiger partial charge in [-0.3, -0.25) is 10.1 Å². The molecule has 0 amide bonds. The monoisotopic (exact) mass is 317 g/mol. The molecule has 0 saturated carbocycles. The smallest absolute Gasteiger partial charge is 0.294 e. The van der Waals surface area contributed by atoms with Crippen molar-refractivity contribution in [1.29, 1.82) is 0 Å². The van der Waals surface area contributed by atoms with Crippen LogP contribution in [0.4, 0.5) is 0 Å². The van der Waals surface area contributed by atoms with E-state index in [2.05, 4.69) is 25.6 Å². The minimum Gasteiger partial charge on any atom is -0.313 e. The van der Waals surface area contributed by atoms with E-state index < -0.39 is 40.3 Å². The second-order valence-corrected chi connectivity index (χ2v) is 3.68.